The maximum Gasteiger partial charge on any atom is 0.338 e. The summed E-state index contributed by atoms with van der Waals surface area (Å²) in [7, 11) is 1.45. The van der Waals surface area contributed by atoms with E-state index in [0.29, 0.717) is 5.75 Å². The highest BCUT2D eigenvalue weighted by atomic mass is 19.1. The first-order valence-corrected chi connectivity index (χ1v) is 6.06. The van der Waals surface area contributed by atoms with Crippen LogP contribution in [0.2, 0.25) is 0 Å². The molecule has 0 unspecified atom stereocenters. The highest BCUT2D eigenvalue weighted by Crippen LogP contribution is 2.22. The second-order valence-corrected chi connectivity index (χ2v) is 4.23. The van der Waals surface area contributed by atoms with Gasteiger partial charge in [0, 0.05) is 0 Å². The van der Waals surface area contributed by atoms with Gasteiger partial charge in [0.2, 0.25) is 0 Å². The van der Waals surface area contributed by atoms with Crippen LogP contribution in [0.15, 0.2) is 36.4 Å². The number of anilines is 1. The van der Waals surface area contributed by atoms with Crippen molar-refractivity contribution in [3.05, 3.63) is 59.2 Å². The summed E-state index contributed by atoms with van der Waals surface area (Å²) in [6.07, 6.45) is 0. The lowest BCUT2D eigenvalue weighted by molar-refractivity contribution is 0.0465. The number of ether oxygens (including phenoxy) is 2. The average molecular weight is 293 g/mol. The van der Waals surface area contributed by atoms with Gasteiger partial charge in [-0.15, -0.1) is 0 Å². The molecule has 0 saturated heterocycles. The predicted octanol–water partition coefficient (Wildman–Crippen LogP) is 2.91. The number of carbonyl (C=O) groups is 1. The molecule has 0 aromatic heterocycles. The zero-order valence-corrected chi connectivity index (χ0v) is 11.2. The second-order valence-electron chi connectivity index (χ2n) is 4.23. The van der Waals surface area contributed by atoms with Crippen molar-refractivity contribution in [2.24, 2.45) is 0 Å². The van der Waals surface area contributed by atoms with Crippen LogP contribution in [0.1, 0.15) is 15.9 Å². The lowest BCUT2D eigenvalue weighted by atomic mass is 10.2. The molecule has 6 heteroatoms. The number of carbonyl (C=O) groups excluding carboxylic acids is 1. The Morgan fingerprint density at radius 3 is 2.43 bits per heavy atom. The Labute approximate surface area is 120 Å². The summed E-state index contributed by atoms with van der Waals surface area (Å²) in [5.41, 5.74) is 5.81. The first kappa shape index (κ1) is 14.8. The van der Waals surface area contributed by atoms with Crippen LogP contribution in [-0.2, 0) is 11.3 Å². The van der Waals surface area contributed by atoms with E-state index < -0.39 is 24.2 Å². The van der Waals surface area contributed by atoms with E-state index in [-0.39, 0.29) is 16.8 Å². The molecule has 2 aromatic carbocycles. The average Bonchev–Trinajstić information content (AvgIpc) is 2.46. The normalized spacial score (nSPS) is 10.2. The molecule has 4 nitrogen and oxygen atoms in total. The Morgan fingerprint density at radius 1 is 1.19 bits per heavy atom. The van der Waals surface area contributed by atoms with E-state index in [0.717, 1.165) is 12.1 Å². The standard InChI is InChI=1S/C15H13F2NO3/c1-20-14-6-5-9(7-13(14)18)15(19)21-8-10-11(16)3-2-4-12(10)17/h2-7H,8,18H2,1H3. The smallest absolute Gasteiger partial charge is 0.338 e. The molecule has 0 aliphatic rings. The van der Waals surface area contributed by atoms with E-state index in [1.165, 1.54) is 31.4 Å². The fraction of sp³-hybridized carbons (Fsp3) is 0.133. The van der Waals surface area contributed by atoms with E-state index in [1.807, 2.05) is 0 Å². The van der Waals surface area contributed by atoms with Crippen molar-refractivity contribution in [2.75, 3.05) is 12.8 Å². The second kappa shape index (κ2) is 6.21. The van der Waals surface area contributed by atoms with Gasteiger partial charge in [0.1, 0.15) is 24.0 Å². The summed E-state index contributed by atoms with van der Waals surface area (Å²) in [6, 6.07) is 7.76. The molecule has 0 bridgehead atoms. The third-order valence-corrected chi connectivity index (χ3v) is 2.87. The lowest BCUT2D eigenvalue weighted by Gasteiger charge is -2.09. The van der Waals surface area contributed by atoms with Crippen molar-refractivity contribution >= 4 is 11.7 Å². The minimum absolute atomic E-state index is 0.171. The van der Waals surface area contributed by atoms with Crippen molar-refractivity contribution in [1.82, 2.24) is 0 Å². The molecule has 110 valence electrons. The zero-order chi connectivity index (χ0) is 15.4. The molecule has 21 heavy (non-hydrogen) atoms. The molecular formula is C15H13F2NO3. The van der Waals surface area contributed by atoms with Gasteiger partial charge in [-0.1, -0.05) is 6.07 Å². The first-order chi connectivity index (χ1) is 10.0. The number of halogens is 2. The highest BCUT2D eigenvalue weighted by molar-refractivity contribution is 5.91. The third-order valence-electron chi connectivity index (χ3n) is 2.87. The van der Waals surface area contributed by atoms with Gasteiger partial charge in [-0.3, -0.25) is 0 Å². The molecule has 0 aliphatic carbocycles. The number of hydrogen-bond donors (Lipinski definition) is 1. The Morgan fingerprint density at radius 2 is 1.86 bits per heavy atom. The number of benzene rings is 2. The van der Waals surface area contributed by atoms with Crippen molar-refractivity contribution in [1.29, 1.82) is 0 Å². The summed E-state index contributed by atoms with van der Waals surface area (Å²) in [5.74, 6) is -1.84. The Bertz CT molecular complexity index is 654. The topological polar surface area (TPSA) is 61.5 Å². The first-order valence-electron chi connectivity index (χ1n) is 6.06. The molecule has 0 saturated carbocycles. The molecule has 0 heterocycles. The van der Waals surface area contributed by atoms with Crippen molar-refractivity contribution < 1.29 is 23.0 Å². The van der Waals surface area contributed by atoms with E-state index in [9.17, 15) is 13.6 Å². The van der Waals surface area contributed by atoms with Crippen molar-refractivity contribution in [3.63, 3.8) is 0 Å². The third kappa shape index (κ3) is 3.28. The van der Waals surface area contributed by atoms with E-state index in [4.69, 9.17) is 15.2 Å². The maximum absolute atomic E-state index is 13.4. The van der Waals surface area contributed by atoms with Gasteiger partial charge < -0.3 is 15.2 Å². The van der Waals surface area contributed by atoms with Gasteiger partial charge >= 0.3 is 5.97 Å². The van der Waals surface area contributed by atoms with Crippen LogP contribution in [0.25, 0.3) is 0 Å². The molecule has 0 spiro atoms. The Balaban J connectivity index is 2.10. The predicted molar refractivity (Wildman–Crippen MR) is 72.9 cm³/mol. The number of nitrogen functional groups attached to an aromatic ring is 1. The van der Waals surface area contributed by atoms with Crippen LogP contribution < -0.4 is 10.5 Å². The molecule has 0 radical (unpaired) electrons. The van der Waals surface area contributed by atoms with Gasteiger partial charge in [-0.2, -0.15) is 0 Å². The van der Waals surface area contributed by atoms with Gasteiger partial charge in [0.05, 0.1) is 23.9 Å². The molecule has 0 atom stereocenters. The number of rotatable bonds is 4. The summed E-state index contributed by atoms with van der Waals surface area (Å²) in [4.78, 5) is 11.8. The van der Waals surface area contributed by atoms with Crippen molar-refractivity contribution in [3.8, 4) is 5.75 Å². The van der Waals surface area contributed by atoms with Crippen molar-refractivity contribution in [2.45, 2.75) is 6.61 Å². The summed E-state index contributed by atoms with van der Waals surface area (Å²) in [5, 5.41) is 0. The van der Waals surface area contributed by atoms with Crippen LogP contribution in [-0.4, -0.2) is 13.1 Å². The Kier molecular flexibility index (Phi) is 4.37. The number of hydrogen-bond acceptors (Lipinski definition) is 4. The minimum Gasteiger partial charge on any atom is -0.495 e. The minimum atomic E-state index is -0.767. The van der Waals surface area contributed by atoms with Gasteiger partial charge in [-0.25, -0.2) is 13.6 Å². The van der Waals surface area contributed by atoms with Gasteiger partial charge in [-0.05, 0) is 30.3 Å². The molecule has 2 N–H and O–H groups in total. The quantitative estimate of drug-likeness (QED) is 0.695. The van der Waals surface area contributed by atoms with Crippen LogP contribution in [0.4, 0.5) is 14.5 Å². The SMILES string of the molecule is COc1ccc(C(=O)OCc2c(F)cccc2F)cc1N. The fourth-order valence-corrected chi connectivity index (χ4v) is 1.75. The Hall–Kier alpha value is -2.63. The summed E-state index contributed by atoms with van der Waals surface area (Å²) in [6.45, 7) is -0.497. The van der Waals surface area contributed by atoms with Crippen LogP contribution in [0.3, 0.4) is 0 Å². The molecular weight excluding hydrogens is 280 g/mol. The van der Waals surface area contributed by atoms with Gasteiger partial charge in [0.15, 0.2) is 0 Å². The summed E-state index contributed by atoms with van der Waals surface area (Å²) >= 11 is 0. The largest absolute Gasteiger partial charge is 0.495 e. The highest BCUT2D eigenvalue weighted by Gasteiger charge is 2.14. The van der Waals surface area contributed by atoms with Crippen LogP contribution in [0.5, 0.6) is 5.75 Å². The van der Waals surface area contributed by atoms with Crippen LogP contribution in [0, 0.1) is 11.6 Å². The summed E-state index contributed by atoms with van der Waals surface area (Å²) < 4.78 is 36.6. The molecule has 0 fully saturated rings. The van der Waals surface area contributed by atoms with Crippen LogP contribution >= 0.6 is 0 Å². The molecule has 2 rings (SSSR count). The van der Waals surface area contributed by atoms with E-state index in [1.54, 1.807) is 0 Å². The molecule has 0 aliphatic heterocycles. The van der Waals surface area contributed by atoms with Gasteiger partial charge in [0.25, 0.3) is 0 Å². The number of methoxy groups -OCH3 is 1. The lowest BCUT2D eigenvalue weighted by Crippen LogP contribution is -2.08. The monoisotopic (exact) mass is 293 g/mol. The molecule has 2 aromatic rings. The number of nitrogens with two attached hydrogens (primary N) is 1. The fourth-order valence-electron chi connectivity index (χ4n) is 1.75. The molecule has 0 amide bonds. The number of esters is 1. The van der Waals surface area contributed by atoms with E-state index >= 15 is 0 Å². The zero-order valence-electron chi connectivity index (χ0n) is 11.2. The van der Waals surface area contributed by atoms with E-state index in [2.05, 4.69) is 0 Å². The maximum atomic E-state index is 13.4.